The lowest BCUT2D eigenvalue weighted by atomic mass is 9.74. The molecule has 2 unspecified atom stereocenters. The molecule has 2 aliphatic rings. The predicted molar refractivity (Wildman–Crippen MR) is 52.9 cm³/mol. The molecule has 0 aliphatic heterocycles. The topological polar surface area (TPSA) is 0 Å². The molecule has 0 aromatic carbocycles. The van der Waals surface area contributed by atoms with Crippen molar-refractivity contribution in [2.75, 3.05) is 0 Å². The SMILES string of the molecule is CC1=CC2C(C)(C)CC1C2(C)C. The molecular weight excluding hydrogens is 144 g/mol. The van der Waals surface area contributed by atoms with E-state index in [1.165, 1.54) is 6.42 Å². The monoisotopic (exact) mass is 164 g/mol. The van der Waals surface area contributed by atoms with Gasteiger partial charge in [0.1, 0.15) is 0 Å². The van der Waals surface area contributed by atoms with Crippen molar-refractivity contribution >= 4 is 0 Å². The van der Waals surface area contributed by atoms with Crippen LogP contribution in [-0.4, -0.2) is 0 Å². The molecule has 0 aromatic rings. The molecule has 0 spiro atoms. The lowest BCUT2D eigenvalue weighted by Gasteiger charge is -2.31. The Morgan fingerprint density at radius 3 is 2.08 bits per heavy atom. The highest BCUT2D eigenvalue weighted by Crippen LogP contribution is 2.64. The van der Waals surface area contributed by atoms with Crippen molar-refractivity contribution in [1.82, 2.24) is 0 Å². The minimum absolute atomic E-state index is 0.535. The van der Waals surface area contributed by atoms with Gasteiger partial charge in [-0.05, 0) is 36.0 Å². The van der Waals surface area contributed by atoms with E-state index in [2.05, 4.69) is 40.7 Å². The van der Waals surface area contributed by atoms with Gasteiger partial charge >= 0.3 is 0 Å². The Balaban J connectivity index is 2.44. The van der Waals surface area contributed by atoms with Crippen LogP contribution in [0.25, 0.3) is 0 Å². The van der Waals surface area contributed by atoms with Crippen LogP contribution in [0.15, 0.2) is 11.6 Å². The smallest absolute Gasteiger partial charge is 0.0122 e. The molecular formula is C12H20. The normalized spacial score (nSPS) is 41.6. The first kappa shape index (κ1) is 8.34. The molecule has 2 rings (SSSR count). The standard InChI is InChI=1S/C12H20/c1-8-6-10-11(2,3)7-9(8)12(10,4)5/h6,9-10H,7H2,1-5H3. The second-order valence-electron chi connectivity index (χ2n) is 5.96. The van der Waals surface area contributed by atoms with Crippen LogP contribution in [0.1, 0.15) is 41.0 Å². The van der Waals surface area contributed by atoms with Crippen molar-refractivity contribution in [3.63, 3.8) is 0 Å². The van der Waals surface area contributed by atoms with E-state index in [0.29, 0.717) is 10.8 Å². The lowest BCUT2D eigenvalue weighted by molar-refractivity contribution is 0.211. The first-order chi connectivity index (χ1) is 5.36. The highest BCUT2D eigenvalue weighted by atomic mass is 14.6. The van der Waals surface area contributed by atoms with Gasteiger partial charge in [-0.3, -0.25) is 0 Å². The molecule has 0 amide bonds. The molecule has 2 bridgehead atoms. The van der Waals surface area contributed by atoms with Gasteiger partial charge in [0.2, 0.25) is 0 Å². The van der Waals surface area contributed by atoms with E-state index in [9.17, 15) is 0 Å². The number of fused-ring (bicyclic) bond motifs is 2. The van der Waals surface area contributed by atoms with Gasteiger partial charge in [0, 0.05) is 0 Å². The molecule has 0 N–H and O–H groups in total. The van der Waals surface area contributed by atoms with E-state index in [-0.39, 0.29) is 0 Å². The minimum atomic E-state index is 0.535. The van der Waals surface area contributed by atoms with Gasteiger partial charge in [-0.25, -0.2) is 0 Å². The van der Waals surface area contributed by atoms with Gasteiger partial charge in [-0.1, -0.05) is 39.3 Å². The summed E-state index contributed by atoms with van der Waals surface area (Å²) in [6, 6.07) is 0. The van der Waals surface area contributed by atoms with Crippen LogP contribution in [0, 0.1) is 22.7 Å². The molecule has 2 aliphatic carbocycles. The van der Waals surface area contributed by atoms with Gasteiger partial charge in [0.25, 0.3) is 0 Å². The maximum atomic E-state index is 2.52. The zero-order chi connectivity index (χ0) is 9.15. The highest BCUT2D eigenvalue weighted by molar-refractivity contribution is 5.27. The van der Waals surface area contributed by atoms with Crippen molar-refractivity contribution in [2.45, 2.75) is 41.0 Å². The fourth-order valence-corrected chi connectivity index (χ4v) is 3.71. The Bertz CT molecular complexity index is 243. The van der Waals surface area contributed by atoms with Crippen LogP contribution in [0.4, 0.5) is 0 Å². The molecule has 0 heterocycles. The van der Waals surface area contributed by atoms with Crippen LogP contribution >= 0.6 is 0 Å². The zero-order valence-corrected chi connectivity index (χ0v) is 8.94. The fourth-order valence-electron chi connectivity index (χ4n) is 3.71. The Morgan fingerprint density at radius 2 is 1.83 bits per heavy atom. The summed E-state index contributed by atoms with van der Waals surface area (Å²) < 4.78 is 0. The number of allylic oxidation sites excluding steroid dienone is 2. The zero-order valence-electron chi connectivity index (χ0n) is 8.94. The van der Waals surface area contributed by atoms with E-state index in [1.807, 2.05) is 0 Å². The summed E-state index contributed by atoms with van der Waals surface area (Å²) in [6.07, 6.45) is 3.92. The third-order valence-electron chi connectivity index (χ3n) is 4.25. The Hall–Kier alpha value is -0.260. The Morgan fingerprint density at radius 1 is 1.25 bits per heavy atom. The van der Waals surface area contributed by atoms with Crippen LogP contribution < -0.4 is 0 Å². The molecule has 0 saturated heterocycles. The van der Waals surface area contributed by atoms with Crippen molar-refractivity contribution in [1.29, 1.82) is 0 Å². The molecule has 2 atom stereocenters. The summed E-state index contributed by atoms with van der Waals surface area (Å²) in [6.45, 7) is 12.0. The molecule has 12 heavy (non-hydrogen) atoms. The fraction of sp³-hybridized carbons (Fsp3) is 0.833. The Kier molecular flexibility index (Phi) is 1.37. The van der Waals surface area contributed by atoms with Gasteiger partial charge in [-0.2, -0.15) is 0 Å². The first-order valence-electron chi connectivity index (χ1n) is 5.04. The van der Waals surface area contributed by atoms with E-state index in [4.69, 9.17) is 0 Å². The third kappa shape index (κ3) is 0.787. The Labute approximate surface area is 76.1 Å². The highest BCUT2D eigenvalue weighted by Gasteiger charge is 2.56. The van der Waals surface area contributed by atoms with Crippen LogP contribution in [0.3, 0.4) is 0 Å². The van der Waals surface area contributed by atoms with Gasteiger partial charge in [0.05, 0.1) is 0 Å². The summed E-state index contributed by atoms with van der Waals surface area (Å²) in [5, 5.41) is 0. The minimum Gasteiger partial charge on any atom is -0.0811 e. The quantitative estimate of drug-likeness (QED) is 0.479. The van der Waals surface area contributed by atoms with Crippen LogP contribution in [0.5, 0.6) is 0 Å². The summed E-state index contributed by atoms with van der Waals surface area (Å²) >= 11 is 0. The second-order valence-corrected chi connectivity index (χ2v) is 5.96. The average molecular weight is 164 g/mol. The molecule has 0 radical (unpaired) electrons. The van der Waals surface area contributed by atoms with E-state index in [0.717, 1.165) is 11.8 Å². The predicted octanol–water partition coefficient (Wildman–Crippen LogP) is 3.63. The maximum Gasteiger partial charge on any atom is -0.0122 e. The number of hydrogen-bond acceptors (Lipinski definition) is 0. The van der Waals surface area contributed by atoms with E-state index >= 15 is 0 Å². The second kappa shape index (κ2) is 1.97. The molecule has 0 aromatic heterocycles. The summed E-state index contributed by atoms with van der Waals surface area (Å²) in [5.41, 5.74) is 2.73. The summed E-state index contributed by atoms with van der Waals surface area (Å²) in [7, 11) is 0. The van der Waals surface area contributed by atoms with E-state index < -0.39 is 0 Å². The van der Waals surface area contributed by atoms with Crippen LogP contribution in [-0.2, 0) is 0 Å². The average Bonchev–Trinajstić information content (AvgIpc) is 2.19. The van der Waals surface area contributed by atoms with Gasteiger partial charge in [-0.15, -0.1) is 0 Å². The summed E-state index contributed by atoms with van der Waals surface area (Å²) in [4.78, 5) is 0. The lowest BCUT2D eigenvalue weighted by Crippen LogP contribution is -2.24. The van der Waals surface area contributed by atoms with Crippen molar-refractivity contribution in [2.24, 2.45) is 22.7 Å². The maximum absolute atomic E-state index is 2.52. The van der Waals surface area contributed by atoms with Crippen molar-refractivity contribution < 1.29 is 0 Å². The first-order valence-corrected chi connectivity index (χ1v) is 5.04. The van der Waals surface area contributed by atoms with E-state index in [1.54, 1.807) is 5.57 Å². The summed E-state index contributed by atoms with van der Waals surface area (Å²) in [5.74, 6) is 1.67. The molecule has 0 nitrogen and oxygen atoms in total. The van der Waals surface area contributed by atoms with Crippen LogP contribution in [0.2, 0.25) is 0 Å². The number of rotatable bonds is 0. The van der Waals surface area contributed by atoms with Gasteiger partial charge in [0.15, 0.2) is 0 Å². The van der Waals surface area contributed by atoms with Crippen molar-refractivity contribution in [3.05, 3.63) is 11.6 Å². The number of hydrogen-bond donors (Lipinski definition) is 0. The molecule has 0 heteroatoms. The molecule has 68 valence electrons. The molecule has 1 fully saturated rings. The third-order valence-corrected chi connectivity index (χ3v) is 4.25. The van der Waals surface area contributed by atoms with Crippen molar-refractivity contribution in [3.8, 4) is 0 Å². The molecule has 1 saturated carbocycles. The van der Waals surface area contributed by atoms with Gasteiger partial charge < -0.3 is 0 Å². The largest absolute Gasteiger partial charge is 0.0811 e.